The molecule has 0 fully saturated rings. The van der Waals surface area contributed by atoms with E-state index in [0.717, 1.165) is 5.56 Å². The van der Waals surface area contributed by atoms with Crippen molar-refractivity contribution in [3.63, 3.8) is 0 Å². The van der Waals surface area contributed by atoms with Crippen LogP contribution in [-0.4, -0.2) is 68.8 Å². The summed E-state index contributed by atoms with van der Waals surface area (Å²) in [5.41, 5.74) is 13.4. The molecule has 13 heteroatoms. The fourth-order valence-electron chi connectivity index (χ4n) is 4.07. The molecule has 41 heavy (non-hydrogen) atoms. The normalized spacial score (nSPS) is 13.7. The number of nitrogens with two attached hydrogens (primary N) is 2. The predicted octanol–water partition coefficient (Wildman–Crippen LogP) is -0.821. The van der Waals surface area contributed by atoms with Crippen LogP contribution in [0.3, 0.4) is 0 Å². The molecule has 2 aromatic carbocycles. The molecule has 4 amide bonds. The Morgan fingerprint density at radius 3 is 1.83 bits per heavy atom. The number of benzene rings is 2. The smallest absolute Gasteiger partial charge is 0.326 e. The Hall–Kier alpha value is -5.04. The van der Waals surface area contributed by atoms with Crippen molar-refractivity contribution in [3.05, 3.63) is 90.0 Å². The number of hydrogen-bond donors (Lipinski definition) is 7. The number of nitrogens with one attached hydrogen (secondary N) is 4. The van der Waals surface area contributed by atoms with Gasteiger partial charge in [-0.1, -0.05) is 60.7 Å². The van der Waals surface area contributed by atoms with E-state index in [0.29, 0.717) is 11.3 Å². The molecule has 0 aliphatic heterocycles. The van der Waals surface area contributed by atoms with Gasteiger partial charge in [-0.2, -0.15) is 0 Å². The monoisotopic (exact) mass is 563 g/mol. The molecule has 3 aromatic rings. The second-order valence-corrected chi connectivity index (χ2v) is 9.46. The van der Waals surface area contributed by atoms with Gasteiger partial charge >= 0.3 is 5.97 Å². The van der Waals surface area contributed by atoms with Gasteiger partial charge in [0.15, 0.2) is 0 Å². The van der Waals surface area contributed by atoms with Crippen molar-refractivity contribution in [1.29, 1.82) is 0 Å². The minimum atomic E-state index is -1.50. The van der Waals surface area contributed by atoms with Crippen LogP contribution in [-0.2, 0) is 43.2 Å². The quantitative estimate of drug-likeness (QED) is 0.123. The molecular formula is C28H33N7O6. The van der Waals surface area contributed by atoms with Gasteiger partial charge in [0, 0.05) is 24.7 Å². The molecule has 4 atom stereocenters. The zero-order chi connectivity index (χ0) is 29.8. The van der Waals surface area contributed by atoms with Crippen LogP contribution in [0.25, 0.3) is 0 Å². The Kier molecular flexibility index (Phi) is 11.1. The maximum Gasteiger partial charge on any atom is 0.326 e. The number of rotatable bonds is 15. The van der Waals surface area contributed by atoms with E-state index in [-0.39, 0.29) is 19.3 Å². The van der Waals surface area contributed by atoms with Crippen molar-refractivity contribution in [3.8, 4) is 0 Å². The summed E-state index contributed by atoms with van der Waals surface area (Å²) in [5, 5.41) is 17.0. The topological polar surface area (TPSA) is 222 Å². The van der Waals surface area contributed by atoms with E-state index in [4.69, 9.17) is 11.5 Å². The number of imidazole rings is 1. The fourth-order valence-corrected chi connectivity index (χ4v) is 4.07. The number of carboxylic acid groups (broad SMARTS) is 1. The van der Waals surface area contributed by atoms with E-state index in [1.165, 1.54) is 12.5 Å². The molecule has 216 valence electrons. The van der Waals surface area contributed by atoms with Gasteiger partial charge in [0.1, 0.15) is 18.1 Å². The van der Waals surface area contributed by atoms with Crippen molar-refractivity contribution in [2.24, 2.45) is 11.5 Å². The molecule has 0 aliphatic carbocycles. The zero-order valence-electron chi connectivity index (χ0n) is 22.2. The van der Waals surface area contributed by atoms with Gasteiger partial charge in [-0.3, -0.25) is 19.2 Å². The molecule has 0 radical (unpaired) electrons. The first-order chi connectivity index (χ1) is 19.6. The molecular weight excluding hydrogens is 530 g/mol. The first-order valence-corrected chi connectivity index (χ1v) is 12.8. The molecule has 1 aromatic heterocycles. The van der Waals surface area contributed by atoms with Gasteiger partial charge in [-0.25, -0.2) is 9.78 Å². The minimum Gasteiger partial charge on any atom is -0.480 e. The van der Waals surface area contributed by atoms with Gasteiger partial charge in [-0.15, -0.1) is 0 Å². The first kappa shape index (κ1) is 30.5. The molecule has 0 aliphatic rings. The fraction of sp³-hybridized carbons (Fsp3) is 0.286. The van der Waals surface area contributed by atoms with Gasteiger partial charge in [0.25, 0.3) is 0 Å². The average Bonchev–Trinajstić information content (AvgIpc) is 3.46. The molecule has 9 N–H and O–H groups in total. The highest BCUT2D eigenvalue weighted by atomic mass is 16.4. The number of carbonyl (C=O) groups is 5. The van der Waals surface area contributed by atoms with Crippen LogP contribution in [0.15, 0.2) is 73.2 Å². The second-order valence-electron chi connectivity index (χ2n) is 9.46. The van der Waals surface area contributed by atoms with Gasteiger partial charge < -0.3 is 37.5 Å². The number of nitrogens with zero attached hydrogens (tertiary/aromatic N) is 1. The number of H-pyrrole nitrogens is 1. The van der Waals surface area contributed by atoms with Crippen LogP contribution in [0.2, 0.25) is 0 Å². The lowest BCUT2D eigenvalue weighted by Crippen LogP contribution is -2.58. The van der Waals surface area contributed by atoms with Crippen molar-refractivity contribution in [2.75, 3.05) is 0 Å². The summed E-state index contributed by atoms with van der Waals surface area (Å²) in [5.74, 6) is -4.55. The van der Waals surface area contributed by atoms with E-state index >= 15 is 0 Å². The van der Waals surface area contributed by atoms with E-state index in [1.807, 2.05) is 30.3 Å². The third kappa shape index (κ3) is 9.89. The Morgan fingerprint density at radius 2 is 1.29 bits per heavy atom. The molecule has 0 bridgehead atoms. The maximum atomic E-state index is 13.3. The number of aromatic nitrogens is 2. The highest BCUT2D eigenvalue weighted by Gasteiger charge is 2.31. The lowest BCUT2D eigenvalue weighted by atomic mass is 10.0. The number of carbonyl (C=O) groups excluding carboxylic acids is 4. The number of hydrogen-bond acceptors (Lipinski definition) is 7. The summed E-state index contributed by atoms with van der Waals surface area (Å²) < 4.78 is 0. The Morgan fingerprint density at radius 1 is 0.756 bits per heavy atom. The Bertz CT molecular complexity index is 1320. The lowest BCUT2D eigenvalue weighted by Gasteiger charge is -2.24. The molecule has 4 unspecified atom stereocenters. The largest absolute Gasteiger partial charge is 0.480 e. The van der Waals surface area contributed by atoms with E-state index in [9.17, 15) is 29.1 Å². The van der Waals surface area contributed by atoms with Crippen molar-refractivity contribution in [1.82, 2.24) is 25.9 Å². The van der Waals surface area contributed by atoms with Gasteiger partial charge in [0.2, 0.25) is 23.6 Å². The lowest BCUT2D eigenvalue weighted by molar-refractivity contribution is -0.142. The molecule has 0 saturated carbocycles. The van der Waals surface area contributed by atoms with E-state index in [1.54, 1.807) is 30.3 Å². The van der Waals surface area contributed by atoms with Crippen molar-refractivity contribution in [2.45, 2.75) is 49.9 Å². The van der Waals surface area contributed by atoms with Crippen molar-refractivity contribution >= 4 is 29.6 Å². The van der Waals surface area contributed by atoms with Crippen LogP contribution >= 0.6 is 0 Å². The van der Waals surface area contributed by atoms with Crippen LogP contribution in [0.4, 0.5) is 0 Å². The Labute approximate surface area is 236 Å². The summed E-state index contributed by atoms with van der Waals surface area (Å²) in [7, 11) is 0. The summed E-state index contributed by atoms with van der Waals surface area (Å²) in [6, 6.07) is 12.7. The van der Waals surface area contributed by atoms with Gasteiger partial charge in [-0.05, 0) is 17.5 Å². The molecule has 1 heterocycles. The highest BCUT2D eigenvalue weighted by Crippen LogP contribution is 2.07. The molecule has 13 nitrogen and oxygen atoms in total. The average molecular weight is 564 g/mol. The number of carboxylic acids is 1. The summed E-state index contributed by atoms with van der Waals surface area (Å²) >= 11 is 0. The third-order valence-electron chi connectivity index (χ3n) is 6.18. The Balaban J connectivity index is 1.73. The molecule has 3 rings (SSSR count). The SMILES string of the molecule is NC(=O)CC(NC(=O)C(Cc1cnc[nH]1)NC(=O)C(N)Cc1ccccc1)C(=O)NC(Cc1ccccc1)C(=O)O. The standard InChI is InChI=1S/C28H33N7O6/c29-20(11-17-7-3-1-4-8-17)25(37)33-21(13-19-15-31-16-32-19)26(38)34-22(14-24(30)36)27(39)35-23(28(40)41)12-18-9-5-2-6-10-18/h1-10,15-16,20-23H,11-14,29H2,(H2,30,36)(H,31,32)(H,33,37)(H,34,38)(H,35,39)(H,40,41). The van der Waals surface area contributed by atoms with Crippen LogP contribution in [0, 0.1) is 0 Å². The predicted molar refractivity (Wildman–Crippen MR) is 148 cm³/mol. The number of amides is 4. The minimum absolute atomic E-state index is 0.0308. The van der Waals surface area contributed by atoms with Crippen LogP contribution in [0.5, 0.6) is 0 Å². The first-order valence-electron chi connectivity index (χ1n) is 12.8. The van der Waals surface area contributed by atoms with Crippen molar-refractivity contribution < 1.29 is 29.1 Å². The molecule has 0 saturated heterocycles. The van der Waals surface area contributed by atoms with Crippen LogP contribution < -0.4 is 27.4 Å². The summed E-state index contributed by atoms with van der Waals surface area (Å²) in [6.07, 6.45) is 2.41. The zero-order valence-corrected chi connectivity index (χ0v) is 22.2. The van der Waals surface area contributed by atoms with E-state index in [2.05, 4.69) is 25.9 Å². The van der Waals surface area contributed by atoms with Crippen LogP contribution in [0.1, 0.15) is 23.2 Å². The maximum absolute atomic E-state index is 13.3. The number of primary amides is 1. The van der Waals surface area contributed by atoms with E-state index < -0.39 is 60.2 Å². The third-order valence-corrected chi connectivity index (χ3v) is 6.18. The second kappa shape index (κ2) is 14.9. The summed E-state index contributed by atoms with van der Waals surface area (Å²) in [6.45, 7) is 0. The van der Waals surface area contributed by atoms with Gasteiger partial charge in [0.05, 0.1) is 18.8 Å². The molecule has 0 spiro atoms. The number of aromatic amines is 1. The summed E-state index contributed by atoms with van der Waals surface area (Å²) in [4.78, 5) is 69.7. The number of aliphatic carboxylic acids is 1. The highest BCUT2D eigenvalue weighted by molar-refractivity contribution is 5.96.